The zero-order valence-electron chi connectivity index (χ0n) is 12.1. The van der Waals surface area contributed by atoms with Crippen molar-refractivity contribution in [2.45, 2.75) is 32.8 Å². The molecule has 6 heteroatoms. The summed E-state index contributed by atoms with van der Waals surface area (Å²) in [6.45, 7) is 3.92. The predicted octanol–water partition coefficient (Wildman–Crippen LogP) is 4.26. The molecule has 0 aliphatic heterocycles. The fourth-order valence-corrected chi connectivity index (χ4v) is 2.89. The molecule has 1 aromatic heterocycles. The average molecular weight is 376 g/mol. The summed E-state index contributed by atoms with van der Waals surface area (Å²) in [4.78, 5) is 0. The van der Waals surface area contributed by atoms with Crippen molar-refractivity contribution in [1.82, 2.24) is 9.78 Å². The van der Waals surface area contributed by atoms with Crippen LogP contribution in [0, 0.1) is 19.7 Å². The van der Waals surface area contributed by atoms with Crippen molar-refractivity contribution in [2.24, 2.45) is 7.05 Å². The summed E-state index contributed by atoms with van der Waals surface area (Å²) in [5, 5.41) is 14.6. The second-order valence-corrected chi connectivity index (χ2v) is 6.32. The van der Waals surface area contributed by atoms with Crippen LogP contribution in [0.3, 0.4) is 0 Å². The lowest BCUT2D eigenvalue weighted by Gasteiger charge is -2.13. The highest BCUT2D eigenvalue weighted by atomic mass is 79.9. The molecule has 0 fully saturated rings. The van der Waals surface area contributed by atoms with E-state index >= 15 is 0 Å². The number of rotatable bonds is 4. The van der Waals surface area contributed by atoms with Gasteiger partial charge in [-0.3, -0.25) is 4.68 Å². The van der Waals surface area contributed by atoms with Crippen LogP contribution < -0.4 is 0 Å². The number of benzene rings is 1. The zero-order valence-corrected chi connectivity index (χ0v) is 14.5. The van der Waals surface area contributed by atoms with E-state index in [9.17, 15) is 9.50 Å². The monoisotopic (exact) mass is 374 g/mol. The van der Waals surface area contributed by atoms with Gasteiger partial charge < -0.3 is 5.11 Å². The van der Waals surface area contributed by atoms with Crippen LogP contribution in [0.5, 0.6) is 0 Å². The lowest BCUT2D eigenvalue weighted by Crippen LogP contribution is -2.04. The first-order chi connectivity index (χ1) is 9.82. The maximum Gasteiger partial charge on any atom is 0.148 e. The molecule has 2 rings (SSSR count). The van der Waals surface area contributed by atoms with Gasteiger partial charge in [0.2, 0.25) is 0 Å². The fourth-order valence-electron chi connectivity index (χ4n) is 2.41. The highest BCUT2D eigenvalue weighted by Gasteiger charge is 2.18. The van der Waals surface area contributed by atoms with E-state index < -0.39 is 11.9 Å². The third-order valence-electron chi connectivity index (χ3n) is 3.75. The van der Waals surface area contributed by atoms with E-state index in [0.717, 1.165) is 17.0 Å². The molecule has 1 N–H and O–H groups in total. The van der Waals surface area contributed by atoms with Gasteiger partial charge in [-0.1, -0.05) is 17.7 Å². The highest BCUT2D eigenvalue weighted by molar-refractivity contribution is 9.10. The topological polar surface area (TPSA) is 38.0 Å². The largest absolute Gasteiger partial charge is 0.388 e. The number of halogens is 3. The summed E-state index contributed by atoms with van der Waals surface area (Å²) in [7, 11) is 1.89. The van der Waals surface area contributed by atoms with Crippen LogP contribution in [-0.2, 0) is 13.5 Å². The lowest BCUT2D eigenvalue weighted by atomic mass is 10.00. The van der Waals surface area contributed by atoms with Crippen LogP contribution in [0.2, 0.25) is 5.02 Å². The molecular weight excluding hydrogens is 359 g/mol. The van der Waals surface area contributed by atoms with Crippen molar-refractivity contribution in [1.29, 1.82) is 0 Å². The van der Waals surface area contributed by atoms with Crippen molar-refractivity contribution in [3.05, 3.63) is 50.0 Å². The van der Waals surface area contributed by atoms with Gasteiger partial charge in [0, 0.05) is 22.8 Å². The second kappa shape index (κ2) is 6.46. The van der Waals surface area contributed by atoms with Gasteiger partial charge in [-0.05, 0) is 54.2 Å². The van der Waals surface area contributed by atoms with Crippen LogP contribution in [0.1, 0.15) is 35.0 Å². The van der Waals surface area contributed by atoms with E-state index in [1.54, 1.807) is 12.1 Å². The van der Waals surface area contributed by atoms with Crippen LogP contribution in [0.25, 0.3) is 0 Å². The number of aliphatic hydroxyl groups is 1. The van der Waals surface area contributed by atoms with Crippen molar-refractivity contribution >= 4 is 27.5 Å². The molecule has 0 saturated heterocycles. The molecule has 0 spiro atoms. The van der Waals surface area contributed by atoms with Gasteiger partial charge in [-0.25, -0.2) is 4.39 Å². The van der Waals surface area contributed by atoms with Gasteiger partial charge in [-0.2, -0.15) is 5.10 Å². The van der Waals surface area contributed by atoms with Gasteiger partial charge in [0.05, 0.1) is 16.8 Å². The van der Waals surface area contributed by atoms with Crippen LogP contribution >= 0.6 is 27.5 Å². The van der Waals surface area contributed by atoms with Crippen molar-refractivity contribution < 1.29 is 9.50 Å². The molecule has 0 aliphatic carbocycles. The Hall–Kier alpha value is -0.910. The van der Waals surface area contributed by atoms with E-state index in [-0.39, 0.29) is 10.6 Å². The molecule has 1 atom stereocenters. The van der Waals surface area contributed by atoms with Gasteiger partial charge in [0.1, 0.15) is 5.82 Å². The number of aromatic nitrogens is 2. The Morgan fingerprint density at radius 1 is 1.43 bits per heavy atom. The summed E-state index contributed by atoms with van der Waals surface area (Å²) in [5.41, 5.74) is 3.33. The third-order valence-corrected chi connectivity index (χ3v) is 5.01. The summed E-state index contributed by atoms with van der Waals surface area (Å²) >= 11 is 9.01. The first-order valence-corrected chi connectivity index (χ1v) is 7.80. The number of hydrogen-bond acceptors (Lipinski definition) is 2. The molecule has 114 valence electrons. The minimum absolute atomic E-state index is 0.000267. The molecule has 3 nitrogen and oxygen atoms in total. The standard InChI is InChI=1S/C15H17BrClFN2O/c1-8-10(9(2)20(3)19-8)5-7-13(21)11-4-6-12(16)14(17)15(11)18/h4,6,13,21H,5,7H2,1-3H3. The summed E-state index contributed by atoms with van der Waals surface area (Å²) in [6, 6.07) is 3.20. The first kappa shape index (κ1) is 16.5. The van der Waals surface area contributed by atoms with Gasteiger partial charge >= 0.3 is 0 Å². The lowest BCUT2D eigenvalue weighted by molar-refractivity contribution is 0.163. The minimum Gasteiger partial charge on any atom is -0.388 e. The summed E-state index contributed by atoms with van der Waals surface area (Å²) in [6.07, 6.45) is 0.164. The summed E-state index contributed by atoms with van der Waals surface area (Å²) in [5.74, 6) is -0.571. The highest BCUT2D eigenvalue weighted by Crippen LogP contribution is 2.32. The Morgan fingerprint density at radius 3 is 2.67 bits per heavy atom. The molecule has 1 unspecified atom stereocenters. The molecule has 0 aliphatic rings. The Balaban J connectivity index is 2.16. The molecule has 0 amide bonds. The van der Waals surface area contributed by atoms with Crippen LogP contribution in [0.4, 0.5) is 4.39 Å². The van der Waals surface area contributed by atoms with Gasteiger partial charge in [0.15, 0.2) is 0 Å². The van der Waals surface area contributed by atoms with E-state index in [2.05, 4.69) is 21.0 Å². The molecule has 2 aromatic rings. The Labute approximate surface area is 136 Å². The Bertz CT molecular complexity index is 672. The maximum atomic E-state index is 14.1. The van der Waals surface area contributed by atoms with Crippen molar-refractivity contribution in [3.8, 4) is 0 Å². The maximum absolute atomic E-state index is 14.1. The Kier molecular flexibility index (Phi) is 5.07. The molecule has 1 aromatic carbocycles. The number of aryl methyl sites for hydroxylation is 2. The van der Waals surface area contributed by atoms with E-state index in [4.69, 9.17) is 11.6 Å². The minimum atomic E-state index is -0.894. The molecule has 0 bridgehead atoms. The fraction of sp³-hybridized carbons (Fsp3) is 0.400. The van der Waals surface area contributed by atoms with E-state index in [1.165, 1.54) is 0 Å². The molecule has 0 radical (unpaired) electrons. The molecule has 21 heavy (non-hydrogen) atoms. The number of aliphatic hydroxyl groups excluding tert-OH is 1. The second-order valence-electron chi connectivity index (χ2n) is 5.09. The van der Waals surface area contributed by atoms with Gasteiger partial charge in [-0.15, -0.1) is 0 Å². The summed E-state index contributed by atoms with van der Waals surface area (Å²) < 4.78 is 16.4. The molecular formula is C15H17BrClFN2O. The molecule has 0 saturated carbocycles. The SMILES string of the molecule is Cc1nn(C)c(C)c1CCC(O)c1ccc(Br)c(Cl)c1F. The normalized spacial score (nSPS) is 12.7. The quantitative estimate of drug-likeness (QED) is 0.811. The predicted molar refractivity (Wildman–Crippen MR) is 85.1 cm³/mol. The first-order valence-electron chi connectivity index (χ1n) is 6.63. The van der Waals surface area contributed by atoms with Crippen LogP contribution in [0.15, 0.2) is 16.6 Å². The number of hydrogen-bond donors (Lipinski definition) is 1. The molecule has 1 heterocycles. The number of nitrogens with zero attached hydrogens (tertiary/aromatic N) is 2. The zero-order chi connectivity index (χ0) is 15.7. The smallest absolute Gasteiger partial charge is 0.148 e. The third kappa shape index (κ3) is 3.30. The Morgan fingerprint density at radius 2 is 2.10 bits per heavy atom. The van der Waals surface area contributed by atoms with Gasteiger partial charge in [0.25, 0.3) is 0 Å². The van der Waals surface area contributed by atoms with Crippen molar-refractivity contribution in [3.63, 3.8) is 0 Å². The van der Waals surface area contributed by atoms with Crippen molar-refractivity contribution in [2.75, 3.05) is 0 Å². The van der Waals surface area contributed by atoms with E-state index in [1.807, 2.05) is 25.6 Å². The average Bonchev–Trinajstić information content (AvgIpc) is 2.67. The van der Waals surface area contributed by atoms with Crippen LogP contribution in [-0.4, -0.2) is 14.9 Å². The van der Waals surface area contributed by atoms with E-state index in [0.29, 0.717) is 17.3 Å².